The Bertz CT molecular complexity index is 627. The van der Waals surface area contributed by atoms with Crippen molar-refractivity contribution < 1.29 is 4.79 Å². The number of halogens is 1. The fraction of sp³-hybridized carbons (Fsp3) is 0.286. The van der Waals surface area contributed by atoms with Crippen molar-refractivity contribution in [2.24, 2.45) is 0 Å². The van der Waals surface area contributed by atoms with Crippen LogP contribution in [0.25, 0.3) is 0 Å². The summed E-state index contributed by atoms with van der Waals surface area (Å²) in [5.74, 6) is -0.129. The van der Waals surface area contributed by atoms with E-state index in [4.69, 9.17) is 11.6 Å². The summed E-state index contributed by atoms with van der Waals surface area (Å²) in [6.45, 7) is 5.62. The zero-order chi connectivity index (χ0) is 14.7. The average molecular weight is 310 g/mol. The normalized spacial score (nSPS) is 12.0. The monoisotopic (exact) mass is 309 g/mol. The number of nitrogens with zero attached hydrogens (tertiary/aromatic N) is 1. The van der Waals surface area contributed by atoms with Crippen molar-refractivity contribution in [2.45, 2.75) is 26.8 Å². The molecule has 2 rings (SSSR count). The van der Waals surface area contributed by atoms with Gasteiger partial charge >= 0.3 is 0 Å². The Morgan fingerprint density at radius 1 is 1.40 bits per heavy atom. The lowest BCUT2D eigenvalue weighted by molar-refractivity contribution is -0.116. The van der Waals surface area contributed by atoms with Crippen LogP contribution in [-0.4, -0.2) is 16.9 Å². The zero-order valence-electron chi connectivity index (χ0n) is 11.5. The third-order valence-electron chi connectivity index (χ3n) is 2.80. The Balaban J connectivity index is 1.98. The fourth-order valence-electron chi connectivity index (χ4n) is 1.62. The van der Waals surface area contributed by atoms with Crippen LogP contribution in [0.3, 0.4) is 0 Å². The summed E-state index contributed by atoms with van der Waals surface area (Å²) in [4.78, 5) is 16.2. The molecule has 4 nitrogen and oxygen atoms in total. The second-order valence-corrected chi connectivity index (χ2v) is 5.88. The molecule has 1 amide bonds. The molecule has 0 aliphatic rings. The molecule has 1 aromatic carbocycles. The van der Waals surface area contributed by atoms with Gasteiger partial charge in [0.2, 0.25) is 5.91 Å². The predicted octanol–water partition coefficient (Wildman–Crippen LogP) is 3.85. The van der Waals surface area contributed by atoms with Crippen molar-refractivity contribution in [1.29, 1.82) is 0 Å². The summed E-state index contributed by atoms with van der Waals surface area (Å²) in [6, 6.07) is 5.25. The van der Waals surface area contributed by atoms with Gasteiger partial charge in [-0.25, -0.2) is 4.98 Å². The van der Waals surface area contributed by atoms with Crippen LogP contribution >= 0.6 is 22.9 Å². The number of aryl methyl sites for hydroxylation is 2. The second-order valence-electron chi connectivity index (χ2n) is 4.61. The van der Waals surface area contributed by atoms with Crippen LogP contribution in [0.2, 0.25) is 5.02 Å². The van der Waals surface area contributed by atoms with E-state index in [-0.39, 0.29) is 11.9 Å². The molecule has 0 aliphatic carbocycles. The van der Waals surface area contributed by atoms with Gasteiger partial charge in [0.25, 0.3) is 0 Å². The van der Waals surface area contributed by atoms with E-state index in [2.05, 4.69) is 15.6 Å². The van der Waals surface area contributed by atoms with Crippen molar-refractivity contribution >= 4 is 39.7 Å². The van der Waals surface area contributed by atoms with Gasteiger partial charge in [-0.05, 0) is 38.5 Å². The number of amides is 1. The fourth-order valence-corrected chi connectivity index (χ4v) is 2.49. The number of hydrogen-bond acceptors (Lipinski definition) is 4. The number of anilines is 2. The molecule has 0 fully saturated rings. The zero-order valence-corrected chi connectivity index (χ0v) is 13.1. The maximum atomic E-state index is 12.0. The molecular weight excluding hydrogens is 294 g/mol. The molecule has 2 N–H and O–H groups in total. The molecule has 0 saturated heterocycles. The maximum absolute atomic E-state index is 12.0. The minimum atomic E-state index is -0.377. The van der Waals surface area contributed by atoms with Crippen LogP contribution < -0.4 is 10.6 Å². The molecule has 1 heterocycles. The number of aromatic nitrogens is 1. The van der Waals surface area contributed by atoms with Gasteiger partial charge in [0, 0.05) is 16.1 Å². The van der Waals surface area contributed by atoms with Crippen molar-refractivity contribution in [3.63, 3.8) is 0 Å². The van der Waals surface area contributed by atoms with Crippen LogP contribution in [0.15, 0.2) is 23.6 Å². The SMILES string of the molecule is Cc1csc(NC(=O)[C@H](C)Nc2ccc(C)c(Cl)c2)n1. The number of carbonyl (C=O) groups excluding carboxylic acids is 1. The van der Waals surface area contributed by atoms with E-state index >= 15 is 0 Å². The molecular formula is C14H16ClN3OS. The first-order chi connectivity index (χ1) is 9.45. The summed E-state index contributed by atoms with van der Waals surface area (Å²) in [7, 11) is 0. The van der Waals surface area contributed by atoms with Crippen molar-refractivity contribution in [3.8, 4) is 0 Å². The number of benzene rings is 1. The van der Waals surface area contributed by atoms with Crippen LogP contribution in [0, 0.1) is 13.8 Å². The number of rotatable bonds is 4. The molecule has 2 aromatic rings. The van der Waals surface area contributed by atoms with Crippen molar-refractivity contribution in [3.05, 3.63) is 39.9 Å². The Labute approximate surface area is 127 Å². The van der Waals surface area contributed by atoms with E-state index in [1.54, 1.807) is 6.92 Å². The van der Waals surface area contributed by atoms with E-state index in [1.165, 1.54) is 11.3 Å². The maximum Gasteiger partial charge on any atom is 0.248 e. The number of hydrogen-bond donors (Lipinski definition) is 2. The minimum absolute atomic E-state index is 0.129. The highest BCUT2D eigenvalue weighted by Crippen LogP contribution is 2.21. The Morgan fingerprint density at radius 3 is 2.75 bits per heavy atom. The number of nitrogens with one attached hydrogen (secondary N) is 2. The third kappa shape index (κ3) is 3.71. The summed E-state index contributed by atoms with van der Waals surface area (Å²) in [5, 5.41) is 9.09. The van der Waals surface area contributed by atoms with Gasteiger partial charge in [-0.2, -0.15) is 0 Å². The van der Waals surface area contributed by atoms with Gasteiger partial charge in [-0.1, -0.05) is 17.7 Å². The smallest absolute Gasteiger partial charge is 0.248 e. The minimum Gasteiger partial charge on any atom is -0.374 e. The van der Waals surface area contributed by atoms with Crippen LogP contribution in [0.1, 0.15) is 18.2 Å². The molecule has 0 unspecified atom stereocenters. The van der Waals surface area contributed by atoms with Crippen molar-refractivity contribution in [1.82, 2.24) is 4.98 Å². The molecule has 0 bridgehead atoms. The van der Waals surface area contributed by atoms with E-state index in [0.717, 1.165) is 16.9 Å². The van der Waals surface area contributed by atoms with E-state index in [1.807, 2.05) is 37.4 Å². The summed E-state index contributed by atoms with van der Waals surface area (Å²) >= 11 is 7.47. The molecule has 0 radical (unpaired) electrons. The van der Waals surface area contributed by atoms with Gasteiger partial charge in [0.15, 0.2) is 5.13 Å². The highest BCUT2D eigenvalue weighted by atomic mass is 35.5. The standard InChI is InChI=1S/C14H16ClN3OS/c1-8-4-5-11(6-12(8)15)17-10(3)13(19)18-14-16-9(2)7-20-14/h4-7,10,17H,1-3H3,(H,16,18,19)/t10-/m0/s1. The van der Waals surface area contributed by atoms with Crippen molar-refractivity contribution in [2.75, 3.05) is 10.6 Å². The molecule has 20 heavy (non-hydrogen) atoms. The lowest BCUT2D eigenvalue weighted by Crippen LogP contribution is -2.31. The van der Waals surface area contributed by atoms with E-state index in [0.29, 0.717) is 10.2 Å². The Morgan fingerprint density at radius 2 is 2.15 bits per heavy atom. The van der Waals surface area contributed by atoms with Gasteiger partial charge in [-0.3, -0.25) is 4.79 Å². The number of carbonyl (C=O) groups is 1. The first-order valence-corrected chi connectivity index (χ1v) is 7.47. The average Bonchev–Trinajstić information content (AvgIpc) is 2.79. The molecule has 1 atom stereocenters. The predicted molar refractivity (Wildman–Crippen MR) is 84.8 cm³/mol. The first-order valence-electron chi connectivity index (χ1n) is 6.21. The van der Waals surface area contributed by atoms with Gasteiger partial charge in [0.05, 0.1) is 5.69 Å². The topological polar surface area (TPSA) is 54.0 Å². The highest BCUT2D eigenvalue weighted by molar-refractivity contribution is 7.13. The summed E-state index contributed by atoms with van der Waals surface area (Å²) < 4.78 is 0. The highest BCUT2D eigenvalue weighted by Gasteiger charge is 2.14. The van der Waals surface area contributed by atoms with E-state index in [9.17, 15) is 4.79 Å². The van der Waals surface area contributed by atoms with Gasteiger partial charge in [0.1, 0.15) is 6.04 Å². The summed E-state index contributed by atoms with van der Waals surface area (Å²) in [5.41, 5.74) is 2.72. The lowest BCUT2D eigenvalue weighted by Gasteiger charge is -2.14. The molecule has 6 heteroatoms. The lowest BCUT2D eigenvalue weighted by atomic mass is 10.2. The second kappa shape index (κ2) is 6.24. The summed E-state index contributed by atoms with van der Waals surface area (Å²) in [6.07, 6.45) is 0. The molecule has 0 spiro atoms. The first kappa shape index (κ1) is 14.8. The molecule has 0 saturated carbocycles. The Hall–Kier alpha value is -1.59. The van der Waals surface area contributed by atoms with Crippen LogP contribution in [0.4, 0.5) is 10.8 Å². The Kier molecular flexibility index (Phi) is 4.62. The quantitative estimate of drug-likeness (QED) is 0.902. The largest absolute Gasteiger partial charge is 0.374 e. The van der Waals surface area contributed by atoms with Crippen LogP contribution in [-0.2, 0) is 4.79 Å². The van der Waals surface area contributed by atoms with E-state index < -0.39 is 0 Å². The van der Waals surface area contributed by atoms with Gasteiger partial charge in [-0.15, -0.1) is 11.3 Å². The van der Waals surface area contributed by atoms with Crippen LogP contribution in [0.5, 0.6) is 0 Å². The number of thiazole rings is 1. The molecule has 106 valence electrons. The molecule has 1 aromatic heterocycles. The molecule has 0 aliphatic heterocycles. The van der Waals surface area contributed by atoms with Gasteiger partial charge < -0.3 is 10.6 Å². The third-order valence-corrected chi connectivity index (χ3v) is 4.08.